The summed E-state index contributed by atoms with van der Waals surface area (Å²) in [6.45, 7) is 2.02. The van der Waals surface area contributed by atoms with Gasteiger partial charge in [-0.2, -0.15) is 0 Å². The van der Waals surface area contributed by atoms with Crippen LogP contribution in [0.25, 0.3) is 0 Å². The maximum absolute atomic E-state index is 10.7. The number of carbonyl (C=O) groups is 1. The van der Waals surface area contributed by atoms with Crippen molar-refractivity contribution in [1.29, 1.82) is 0 Å². The fourth-order valence-corrected chi connectivity index (χ4v) is 2.19. The summed E-state index contributed by atoms with van der Waals surface area (Å²) >= 11 is 0. The number of ether oxygens (including phenoxy) is 2. The molecule has 1 aliphatic heterocycles. The zero-order valence-electron chi connectivity index (χ0n) is 12.0. The third-order valence-corrected chi connectivity index (χ3v) is 3.24. The first kappa shape index (κ1) is 14.5. The number of hydrogen-bond acceptors (Lipinski definition) is 4. The molecule has 0 amide bonds. The van der Waals surface area contributed by atoms with Crippen LogP contribution in [0.1, 0.15) is 11.1 Å². The lowest BCUT2D eigenvalue weighted by Crippen LogP contribution is -2.11. The molecule has 1 aliphatic rings. The average molecular weight is 297 g/mol. The zero-order chi connectivity index (χ0) is 15.5. The van der Waals surface area contributed by atoms with E-state index in [-0.39, 0.29) is 0 Å². The van der Waals surface area contributed by atoms with Crippen molar-refractivity contribution in [3.05, 3.63) is 47.5 Å². The maximum atomic E-state index is 10.7. The van der Waals surface area contributed by atoms with E-state index in [9.17, 15) is 4.79 Å². The van der Waals surface area contributed by atoms with Crippen LogP contribution in [0.15, 0.2) is 36.4 Å². The second-order valence-corrected chi connectivity index (χ2v) is 5.02. The van der Waals surface area contributed by atoms with E-state index in [1.165, 1.54) is 0 Å². The fraction of sp³-hybridized carbons (Fsp3) is 0.188. The van der Waals surface area contributed by atoms with Gasteiger partial charge in [0, 0.05) is 0 Å². The van der Waals surface area contributed by atoms with E-state index < -0.39 is 12.6 Å². The van der Waals surface area contributed by atoms with Gasteiger partial charge in [0.15, 0.2) is 18.1 Å². The molecule has 6 heteroatoms. The molecule has 0 saturated carbocycles. The van der Waals surface area contributed by atoms with Crippen LogP contribution in [-0.4, -0.2) is 25.2 Å². The summed E-state index contributed by atoms with van der Waals surface area (Å²) in [5.74, 6) is 0.514. The minimum atomic E-state index is -1.03. The quantitative estimate of drug-likeness (QED) is 0.855. The predicted molar refractivity (Wildman–Crippen MR) is 81.0 cm³/mol. The van der Waals surface area contributed by atoms with E-state index >= 15 is 0 Å². The summed E-state index contributed by atoms with van der Waals surface area (Å²) in [6, 6.07) is 11.1. The molecule has 1 N–H and O–H groups in total. The molecule has 1 radical (unpaired) electrons. The monoisotopic (exact) mass is 297 g/mol. The van der Waals surface area contributed by atoms with Gasteiger partial charge in [-0.3, -0.25) is 0 Å². The summed E-state index contributed by atoms with van der Waals surface area (Å²) < 4.78 is 16.4. The Bertz CT molecular complexity index is 714. The van der Waals surface area contributed by atoms with Crippen LogP contribution >= 0.6 is 0 Å². The molecule has 0 aliphatic carbocycles. The van der Waals surface area contributed by atoms with Crippen molar-refractivity contribution in [3.8, 4) is 17.2 Å². The molecule has 22 heavy (non-hydrogen) atoms. The van der Waals surface area contributed by atoms with E-state index in [2.05, 4.69) is 0 Å². The normalized spacial score (nSPS) is 12.4. The van der Waals surface area contributed by atoms with E-state index in [1.807, 2.05) is 31.2 Å². The first-order valence-electron chi connectivity index (χ1n) is 6.83. The predicted octanol–water partition coefficient (Wildman–Crippen LogP) is 2.03. The molecule has 5 nitrogen and oxygen atoms in total. The summed E-state index contributed by atoms with van der Waals surface area (Å²) in [6.07, 6.45) is 0. The van der Waals surface area contributed by atoms with Crippen molar-refractivity contribution in [3.63, 3.8) is 0 Å². The van der Waals surface area contributed by atoms with Gasteiger partial charge in [0.1, 0.15) is 5.75 Å². The van der Waals surface area contributed by atoms with Crippen molar-refractivity contribution >= 4 is 18.9 Å². The molecule has 0 fully saturated rings. The minimum absolute atomic E-state index is 0.408. The van der Waals surface area contributed by atoms with Crippen LogP contribution in [0, 0.1) is 6.92 Å². The molecular formula is C16H14BO5. The highest BCUT2D eigenvalue weighted by Crippen LogP contribution is 2.32. The summed E-state index contributed by atoms with van der Waals surface area (Å²) in [5.41, 5.74) is 3.06. The van der Waals surface area contributed by atoms with Gasteiger partial charge in [0.25, 0.3) is 0 Å². The molecule has 0 aromatic heterocycles. The van der Waals surface area contributed by atoms with Gasteiger partial charge in [0.2, 0.25) is 0 Å². The fourth-order valence-electron chi connectivity index (χ4n) is 2.19. The van der Waals surface area contributed by atoms with Crippen LogP contribution in [0.4, 0.5) is 0 Å². The third kappa shape index (κ3) is 3.23. The standard InChI is InChI=1S/C16H14BO5/c1-10-2-5-14(15(6-10)20-9-16(18)19)22-12-3-4-13-11(7-12)8-21-17-13/h2-7H,8-9H2,1H3,(H,18,19). The lowest BCUT2D eigenvalue weighted by molar-refractivity contribution is -0.139. The molecule has 2 aromatic rings. The molecular weight excluding hydrogens is 283 g/mol. The second kappa shape index (κ2) is 6.11. The van der Waals surface area contributed by atoms with Gasteiger partial charge < -0.3 is 19.2 Å². The highest BCUT2D eigenvalue weighted by atomic mass is 16.5. The van der Waals surface area contributed by atoms with Gasteiger partial charge in [-0.1, -0.05) is 12.1 Å². The van der Waals surface area contributed by atoms with E-state index in [0.717, 1.165) is 16.6 Å². The minimum Gasteiger partial charge on any atom is -0.479 e. The Hall–Kier alpha value is -2.47. The lowest BCUT2D eigenvalue weighted by Gasteiger charge is -2.13. The van der Waals surface area contributed by atoms with Crippen LogP contribution in [0.5, 0.6) is 17.2 Å². The molecule has 0 spiro atoms. The number of rotatable bonds is 5. The number of aryl methyl sites for hydroxylation is 1. The van der Waals surface area contributed by atoms with Crippen LogP contribution in [0.3, 0.4) is 0 Å². The van der Waals surface area contributed by atoms with E-state index in [1.54, 1.807) is 19.6 Å². The molecule has 111 valence electrons. The van der Waals surface area contributed by atoms with Gasteiger partial charge in [-0.05, 0) is 47.8 Å². The maximum Gasteiger partial charge on any atom is 0.341 e. The number of aliphatic carboxylic acids is 1. The second-order valence-electron chi connectivity index (χ2n) is 5.02. The Labute approximate surface area is 128 Å². The molecule has 0 saturated heterocycles. The van der Waals surface area contributed by atoms with Gasteiger partial charge in [0.05, 0.1) is 6.61 Å². The van der Waals surface area contributed by atoms with Crippen molar-refractivity contribution in [2.24, 2.45) is 0 Å². The van der Waals surface area contributed by atoms with Gasteiger partial charge >= 0.3 is 13.5 Å². The summed E-state index contributed by atoms with van der Waals surface area (Å²) in [4.78, 5) is 10.7. The lowest BCUT2D eigenvalue weighted by atomic mass is 9.87. The molecule has 0 unspecified atom stereocenters. The number of hydrogen-bond donors (Lipinski definition) is 1. The molecule has 0 atom stereocenters. The third-order valence-electron chi connectivity index (χ3n) is 3.24. The Kier molecular flexibility index (Phi) is 4.02. The van der Waals surface area contributed by atoms with Gasteiger partial charge in [-0.15, -0.1) is 0 Å². The first-order valence-corrected chi connectivity index (χ1v) is 6.83. The smallest absolute Gasteiger partial charge is 0.341 e. The van der Waals surface area contributed by atoms with Crippen molar-refractivity contribution in [2.75, 3.05) is 6.61 Å². The molecule has 3 rings (SSSR count). The van der Waals surface area contributed by atoms with Crippen LogP contribution < -0.4 is 14.9 Å². The number of carboxylic acids is 1. The number of fused-ring (bicyclic) bond motifs is 1. The van der Waals surface area contributed by atoms with E-state index in [4.69, 9.17) is 19.2 Å². The topological polar surface area (TPSA) is 65.0 Å². The Morgan fingerprint density at radius 1 is 1.27 bits per heavy atom. The van der Waals surface area contributed by atoms with Crippen molar-refractivity contribution in [2.45, 2.75) is 13.5 Å². The van der Waals surface area contributed by atoms with Gasteiger partial charge in [-0.25, -0.2) is 4.79 Å². The Morgan fingerprint density at radius 3 is 2.95 bits per heavy atom. The molecule has 1 heterocycles. The Balaban J connectivity index is 1.83. The largest absolute Gasteiger partial charge is 0.479 e. The Morgan fingerprint density at radius 2 is 2.14 bits per heavy atom. The van der Waals surface area contributed by atoms with Crippen LogP contribution in [0.2, 0.25) is 0 Å². The highest BCUT2D eigenvalue weighted by molar-refractivity contribution is 6.48. The van der Waals surface area contributed by atoms with Crippen molar-refractivity contribution < 1.29 is 24.0 Å². The van der Waals surface area contributed by atoms with E-state index in [0.29, 0.717) is 23.9 Å². The first-order chi connectivity index (χ1) is 10.6. The van der Waals surface area contributed by atoms with Crippen molar-refractivity contribution in [1.82, 2.24) is 0 Å². The summed E-state index contributed by atoms with van der Waals surface area (Å²) in [5, 5.41) is 8.75. The number of carboxylic acid groups (broad SMARTS) is 1. The zero-order valence-corrected chi connectivity index (χ0v) is 12.0. The average Bonchev–Trinajstić information content (AvgIpc) is 2.95. The highest BCUT2D eigenvalue weighted by Gasteiger charge is 2.15. The van der Waals surface area contributed by atoms with Crippen LogP contribution in [-0.2, 0) is 16.1 Å². The molecule has 2 aromatic carbocycles. The molecule has 0 bridgehead atoms. The summed E-state index contributed by atoms with van der Waals surface area (Å²) in [7, 11) is 1.71. The SMILES string of the molecule is Cc1ccc(Oc2ccc3c(c2)CO[B]3)c(OCC(=O)O)c1. The number of benzene rings is 2.